The van der Waals surface area contributed by atoms with Crippen LogP contribution in [0.3, 0.4) is 0 Å². The van der Waals surface area contributed by atoms with Crippen molar-refractivity contribution in [1.82, 2.24) is 14.9 Å². The Morgan fingerprint density at radius 3 is 2.74 bits per heavy atom. The van der Waals surface area contributed by atoms with Gasteiger partial charge in [0.15, 0.2) is 0 Å². The number of alkyl halides is 1. The molecule has 1 atom stereocenters. The third kappa shape index (κ3) is 5.73. The first-order valence-corrected chi connectivity index (χ1v) is 15.0. The van der Waals surface area contributed by atoms with E-state index in [1.54, 1.807) is 4.90 Å². The quantitative estimate of drug-likeness (QED) is 0.256. The lowest BCUT2D eigenvalue weighted by Crippen LogP contribution is -2.56. The van der Waals surface area contributed by atoms with E-state index in [4.69, 9.17) is 32.9 Å². The van der Waals surface area contributed by atoms with Gasteiger partial charge in [-0.2, -0.15) is 9.97 Å². The summed E-state index contributed by atoms with van der Waals surface area (Å²) in [5.74, 6) is 1.09. The number of hydrogen-bond acceptors (Lipinski definition) is 6. The minimum atomic E-state index is -0.697. The third-order valence-electron chi connectivity index (χ3n) is 8.59. The Morgan fingerprint density at radius 1 is 1.14 bits per heavy atom. The molecule has 2 aromatic carbocycles. The zero-order chi connectivity index (χ0) is 29.1. The smallest absolute Gasteiger partial charge is 0.318 e. The fourth-order valence-corrected chi connectivity index (χ4v) is 6.43. The van der Waals surface area contributed by atoms with Crippen LogP contribution in [-0.2, 0) is 17.8 Å². The number of carbonyl (C=O) groups excluding carboxylic acids is 1. The molecule has 10 heteroatoms. The van der Waals surface area contributed by atoms with Crippen molar-refractivity contribution >= 4 is 39.8 Å². The van der Waals surface area contributed by atoms with Crippen LogP contribution >= 0.6 is 11.6 Å². The zero-order valence-electron chi connectivity index (χ0n) is 23.5. The molecule has 0 unspecified atom stereocenters. The molecule has 2 fully saturated rings. The minimum absolute atomic E-state index is 0.166. The first-order chi connectivity index (χ1) is 20.6. The second kappa shape index (κ2) is 12.5. The number of halogens is 2. The highest BCUT2D eigenvalue weighted by atomic mass is 35.5. The Morgan fingerprint density at radius 2 is 1.98 bits per heavy atom. The molecule has 1 amide bonds. The molecule has 218 valence electrons. The summed E-state index contributed by atoms with van der Waals surface area (Å²) in [4.78, 5) is 32.3. The average molecular weight is 589 g/mol. The molecule has 0 N–H and O–H groups in total. The van der Waals surface area contributed by atoms with Crippen molar-refractivity contribution in [2.75, 3.05) is 55.8 Å². The van der Waals surface area contributed by atoms with E-state index in [1.165, 1.54) is 31.4 Å². The molecule has 42 heavy (non-hydrogen) atoms. The fraction of sp³-hybridized carbons (Fsp3) is 0.438. The molecular formula is C32H34ClFN6O2. The van der Waals surface area contributed by atoms with Crippen LogP contribution in [0.15, 0.2) is 48.6 Å². The van der Waals surface area contributed by atoms with Gasteiger partial charge in [-0.25, -0.2) is 11.0 Å². The zero-order valence-corrected chi connectivity index (χ0v) is 24.3. The van der Waals surface area contributed by atoms with Crippen LogP contribution in [0.25, 0.3) is 15.6 Å². The van der Waals surface area contributed by atoms with E-state index in [1.807, 2.05) is 12.1 Å². The van der Waals surface area contributed by atoms with Crippen molar-refractivity contribution in [2.24, 2.45) is 5.92 Å². The number of allylic oxidation sites excluding steroid dienone is 1. The summed E-state index contributed by atoms with van der Waals surface area (Å²) in [6.45, 7) is 10.4. The molecule has 3 aromatic rings. The maximum Gasteiger partial charge on any atom is 0.318 e. The predicted molar refractivity (Wildman–Crippen MR) is 163 cm³/mol. The average Bonchev–Trinajstić information content (AvgIpc) is 2.98. The van der Waals surface area contributed by atoms with E-state index in [2.05, 4.69) is 38.9 Å². The summed E-state index contributed by atoms with van der Waals surface area (Å²) in [5.41, 5.74) is 3.07. The number of fused-ring (bicyclic) bond motifs is 2. The minimum Gasteiger partial charge on any atom is -0.463 e. The molecular weight excluding hydrogens is 555 g/mol. The van der Waals surface area contributed by atoms with Gasteiger partial charge in [0.1, 0.15) is 18.5 Å². The number of amides is 1. The van der Waals surface area contributed by atoms with Crippen molar-refractivity contribution in [3.63, 3.8) is 0 Å². The predicted octanol–water partition coefficient (Wildman–Crippen LogP) is 5.49. The molecule has 1 aromatic heterocycles. The van der Waals surface area contributed by atoms with E-state index in [9.17, 15) is 9.18 Å². The van der Waals surface area contributed by atoms with E-state index >= 15 is 0 Å². The summed E-state index contributed by atoms with van der Waals surface area (Å²) >= 11 is 6.67. The van der Waals surface area contributed by atoms with Crippen LogP contribution < -0.4 is 14.5 Å². The summed E-state index contributed by atoms with van der Waals surface area (Å²) in [6, 6.07) is 12.3. The molecule has 1 saturated carbocycles. The fourth-order valence-electron chi connectivity index (χ4n) is 6.15. The number of anilines is 2. The van der Waals surface area contributed by atoms with Crippen LogP contribution in [0.2, 0.25) is 5.02 Å². The number of ether oxygens (including phenoxy) is 1. The van der Waals surface area contributed by atoms with E-state index in [0.717, 1.165) is 51.5 Å². The summed E-state index contributed by atoms with van der Waals surface area (Å²) in [5, 5.41) is 2.85. The highest BCUT2D eigenvalue weighted by Crippen LogP contribution is 2.37. The normalized spacial score (nSPS) is 19.1. The van der Waals surface area contributed by atoms with Crippen LogP contribution in [0, 0.1) is 12.5 Å². The Hall–Kier alpha value is -3.90. The molecule has 6 rings (SSSR count). The van der Waals surface area contributed by atoms with Gasteiger partial charge in [-0.3, -0.25) is 4.79 Å². The third-order valence-corrected chi connectivity index (χ3v) is 8.90. The highest BCUT2D eigenvalue weighted by molar-refractivity contribution is 6.36. The summed E-state index contributed by atoms with van der Waals surface area (Å²) < 4.78 is 18.8. The SMILES string of the molecule is [C-]#[N+]C[C@H]1CN(c2nc(OCC3CCC3)nc3c2CCN(c2cccc4cccc(Cl)c24)C3)CCN1C(=O)/C=C/CF. The Kier molecular flexibility index (Phi) is 8.43. The van der Waals surface area contributed by atoms with Gasteiger partial charge in [0.05, 0.1) is 23.9 Å². The second-order valence-corrected chi connectivity index (χ2v) is 11.6. The molecule has 3 aliphatic rings. The molecule has 0 bridgehead atoms. The number of benzene rings is 2. The maximum absolute atomic E-state index is 12.7. The first kappa shape index (κ1) is 28.2. The lowest BCUT2D eigenvalue weighted by Gasteiger charge is -2.41. The van der Waals surface area contributed by atoms with Gasteiger partial charge in [0, 0.05) is 48.9 Å². The lowest BCUT2D eigenvalue weighted by atomic mass is 9.86. The summed E-state index contributed by atoms with van der Waals surface area (Å²) in [6.07, 6.45) is 6.78. The van der Waals surface area contributed by atoms with Gasteiger partial charge in [-0.05, 0) is 48.8 Å². The Bertz CT molecular complexity index is 1530. The largest absolute Gasteiger partial charge is 0.463 e. The number of piperazine rings is 1. The van der Waals surface area contributed by atoms with Gasteiger partial charge >= 0.3 is 6.01 Å². The van der Waals surface area contributed by atoms with E-state index in [-0.39, 0.29) is 18.5 Å². The van der Waals surface area contributed by atoms with Gasteiger partial charge in [0.2, 0.25) is 12.5 Å². The van der Waals surface area contributed by atoms with Gasteiger partial charge in [-0.15, -0.1) is 0 Å². The monoisotopic (exact) mass is 588 g/mol. The number of hydrogen-bond donors (Lipinski definition) is 0. The molecule has 1 aliphatic carbocycles. The van der Waals surface area contributed by atoms with Gasteiger partial charge in [0.25, 0.3) is 0 Å². The maximum atomic E-state index is 12.7. The van der Waals surface area contributed by atoms with Crippen LogP contribution in [-0.4, -0.2) is 72.8 Å². The first-order valence-electron chi connectivity index (χ1n) is 14.6. The molecule has 2 aliphatic heterocycles. The van der Waals surface area contributed by atoms with Crippen molar-refractivity contribution in [1.29, 1.82) is 0 Å². The number of rotatable bonds is 8. The molecule has 1 saturated heterocycles. The van der Waals surface area contributed by atoms with Crippen molar-refractivity contribution in [3.05, 3.63) is 76.2 Å². The molecule has 0 spiro atoms. The summed E-state index contributed by atoms with van der Waals surface area (Å²) in [7, 11) is 0. The van der Waals surface area contributed by atoms with Crippen molar-refractivity contribution in [2.45, 2.75) is 38.3 Å². The standard InChI is InChI=1S/C32H34ClFN6O2/c1-35-18-24-19-39(16-17-40(24)29(41)12-5-14-34)31-25-13-15-38(28-11-4-9-23-8-3-10-26(33)30(23)28)20-27(25)36-32(37-31)42-21-22-6-2-7-22/h3-5,8-12,22,24H,2,6-7,13-21H2/b12-5+/t24-/m0/s1. The number of nitrogens with zero attached hydrogens (tertiary/aromatic N) is 6. The van der Waals surface area contributed by atoms with Crippen LogP contribution in [0.4, 0.5) is 15.9 Å². The Balaban J connectivity index is 1.32. The topological polar surface area (TPSA) is 66.2 Å². The molecule has 8 nitrogen and oxygen atoms in total. The second-order valence-electron chi connectivity index (χ2n) is 11.2. The number of aromatic nitrogens is 2. The van der Waals surface area contributed by atoms with Gasteiger partial charge < -0.3 is 24.3 Å². The molecule has 0 radical (unpaired) electrons. The van der Waals surface area contributed by atoms with Crippen molar-refractivity contribution in [3.8, 4) is 6.01 Å². The van der Waals surface area contributed by atoms with Crippen LogP contribution in [0.1, 0.15) is 30.5 Å². The van der Waals surface area contributed by atoms with E-state index < -0.39 is 6.67 Å². The van der Waals surface area contributed by atoms with Crippen molar-refractivity contribution < 1.29 is 13.9 Å². The number of carbonyl (C=O) groups is 1. The highest BCUT2D eigenvalue weighted by Gasteiger charge is 2.35. The van der Waals surface area contributed by atoms with E-state index in [0.29, 0.717) is 44.7 Å². The Labute approximate surface area is 250 Å². The van der Waals surface area contributed by atoms with Crippen LogP contribution in [0.5, 0.6) is 6.01 Å². The lowest BCUT2D eigenvalue weighted by molar-refractivity contribution is -0.128. The van der Waals surface area contributed by atoms with Gasteiger partial charge in [-0.1, -0.05) is 42.3 Å². The molecule has 3 heterocycles.